The van der Waals surface area contributed by atoms with Gasteiger partial charge in [-0.15, -0.1) is 0 Å². The predicted molar refractivity (Wildman–Crippen MR) is 49.9 cm³/mol. The molecule has 0 aliphatic heterocycles. The van der Waals surface area contributed by atoms with E-state index in [2.05, 4.69) is 0 Å². The van der Waals surface area contributed by atoms with E-state index < -0.39 is 11.5 Å². The number of carbonyl (C=O) groups is 1. The van der Waals surface area contributed by atoms with E-state index in [0.29, 0.717) is 24.0 Å². The number of hydrogen-bond acceptors (Lipinski definition) is 3. The summed E-state index contributed by atoms with van der Waals surface area (Å²) in [5.74, 6) is -0.905. The fourth-order valence-electron chi connectivity index (χ4n) is 1.93. The minimum absolute atomic E-state index is 0.135. The summed E-state index contributed by atoms with van der Waals surface area (Å²) in [7, 11) is 0. The van der Waals surface area contributed by atoms with E-state index in [1.54, 1.807) is 18.2 Å². The van der Waals surface area contributed by atoms with Crippen LogP contribution in [0.25, 0.3) is 0 Å². The van der Waals surface area contributed by atoms with Crippen LogP contribution in [0, 0.1) is 0 Å². The van der Waals surface area contributed by atoms with Gasteiger partial charge in [-0.3, -0.25) is 0 Å². The van der Waals surface area contributed by atoms with Crippen LogP contribution in [0.15, 0.2) is 18.2 Å². The molecule has 0 bridgehead atoms. The summed E-state index contributed by atoms with van der Waals surface area (Å²) in [5.41, 5.74) is 5.64. The molecular formula is C10H11NO3. The van der Waals surface area contributed by atoms with Crippen LogP contribution in [-0.4, -0.2) is 16.2 Å². The second kappa shape index (κ2) is 2.72. The fourth-order valence-corrected chi connectivity index (χ4v) is 1.93. The SMILES string of the molecule is N[C@]1(C(=O)O)CCc2c(O)cccc21. The molecule has 0 spiro atoms. The molecule has 0 saturated carbocycles. The second-order valence-corrected chi connectivity index (χ2v) is 3.58. The lowest BCUT2D eigenvalue weighted by molar-refractivity contribution is -0.143. The van der Waals surface area contributed by atoms with Crippen LogP contribution in [-0.2, 0) is 16.8 Å². The van der Waals surface area contributed by atoms with Gasteiger partial charge in [0.15, 0.2) is 0 Å². The van der Waals surface area contributed by atoms with Gasteiger partial charge in [-0.05, 0) is 30.0 Å². The van der Waals surface area contributed by atoms with Crippen LogP contribution < -0.4 is 5.73 Å². The molecule has 4 N–H and O–H groups in total. The molecule has 4 nitrogen and oxygen atoms in total. The maximum absolute atomic E-state index is 11.0. The van der Waals surface area contributed by atoms with Crippen LogP contribution in [0.3, 0.4) is 0 Å². The lowest BCUT2D eigenvalue weighted by atomic mass is 9.93. The molecule has 2 rings (SSSR count). The third-order valence-electron chi connectivity index (χ3n) is 2.78. The zero-order valence-corrected chi connectivity index (χ0v) is 7.53. The van der Waals surface area contributed by atoms with Gasteiger partial charge >= 0.3 is 5.97 Å². The summed E-state index contributed by atoms with van der Waals surface area (Å²) in [6.07, 6.45) is 0.861. The van der Waals surface area contributed by atoms with E-state index in [1.165, 1.54) is 0 Å². The molecule has 0 amide bonds. The van der Waals surface area contributed by atoms with Crippen molar-refractivity contribution < 1.29 is 15.0 Å². The first-order valence-electron chi connectivity index (χ1n) is 4.39. The highest BCUT2D eigenvalue weighted by Gasteiger charge is 2.42. The topological polar surface area (TPSA) is 83.6 Å². The van der Waals surface area contributed by atoms with Gasteiger partial charge in [0.05, 0.1) is 0 Å². The van der Waals surface area contributed by atoms with E-state index in [0.717, 1.165) is 0 Å². The Bertz CT molecular complexity index is 402. The standard InChI is InChI=1S/C10H11NO3/c11-10(9(13)14)5-4-6-7(10)2-1-3-8(6)12/h1-3,12H,4-5,11H2,(H,13,14)/t10-/m1/s1. The lowest BCUT2D eigenvalue weighted by Crippen LogP contribution is -2.42. The van der Waals surface area contributed by atoms with Crippen molar-refractivity contribution in [1.29, 1.82) is 0 Å². The number of nitrogens with two attached hydrogens (primary N) is 1. The number of phenolic OH excluding ortho intramolecular Hbond substituents is 1. The largest absolute Gasteiger partial charge is 0.508 e. The first-order chi connectivity index (χ1) is 6.55. The van der Waals surface area contributed by atoms with Crippen molar-refractivity contribution in [2.75, 3.05) is 0 Å². The molecule has 4 heteroatoms. The molecule has 0 heterocycles. The van der Waals surface area contributed by atoms with E-state index >= 15 is 0 Å². The molecule has 0 saturated heterocycles. The van der Waals surface area contributed by atoms with E-state index in [9.17, 15) is 9.90 Å². The molecule has 0 radical (unpaired) electrons. The first-order valence-corrected chi connectivity index (χ1v) is 4.39. The van der Waals surface area contributed by atoms with E-state index in [-0.39, 0.29) is 5.75 Å². The van der Waals surface area contributed by atoms with Crippen LogP contribution >= 0.6 is 0 Å². The van der Waals surface area contributed by atoms with Crippen molar-refractivity contribution in [3.63, 3.8) is 0 Å². The van der Waals surface area contributed by atoms with E-state index in [4.69, 9.17) is 10.8 Å². The normalized spacial score (nSPS) is 24.6. The molecular weight excluding hydrogens is 182 g/mol. The third-order valence-corrected chi connectivity index (χ3v) is 2.78. The monoisotopic (exact) mass is 193 g/mol. The quantitative estimate of drug-likeness (QED) is 0.609. The van der Waals surface area contributed by atoms with Crippen molar-refractivity contribution in [2.24, 2.45) is 5.73 Å². The van der Waals surface area contributed by atoms with Gasteiger partial charge in [0.25, 0.3) is 0 Å². The summed E-state index contributed by atoms with van der Waals surface area (Å²) >= 11 is 0. The zero-order chi connectivity index (χ0) is 10.3. The number of carboxylic acids is 1. The molecule has 0 aromatic heterocycles. The molecule has 1 atom stereocenters. The Morgan fingerprint density at radius 1 is 1.50 bits per heavy atom. The highest BCUT2D eigenvalue weighted by atomic mass is 16.4. The van der Waals surface area contributed by atoms with Crippen LogP contribution in [0.2, 0.25) is 0 Å². The Morgan fingerprint density at radius 3 is 2.86 bits per heavy atom. The van der Waals surface area contributed by atoms with Crippen LogP contribution in [0.4, 0.5) is 0 Å². The van der Waals surface area contributed by atoms with Gasteiger partial charge in [0.2, 0.25) is 0 Å². The maximum atomic E-state index is 11.0. The van der Waals surface area contributed by atoms with Gasteiger partial charge in [-0.25, -0.2) is 4.79 Å². The number of aliphatic carboxylic acids is 1. The number of hydrogen-bond donors (Lipinski definition) is 3. The van der Waals surface area contributed by atoms with Gasteiger partial charge < -0.3 is 15.9 Å². The predicted octanol–water partition coefficient (Wildman–Crippen LogP) is 0.577. The van der Waals surface area contributed by atoms with Gasteiger partial charge in [0.1, 0.15) is 11.3 Å². The zero-order valence-electron chi connectivity index (χ0n) is 7.53. The van der Waals surface area contributed by atoms with Gasteiger partial charge in [-0.2, -0.15) is 0 Å². The summed E-state index contributed by atoms with van der Waals surface area (Å²) < 4.78 is 0. The van der Waals surface area contributed by atoms with Crippen molar-refractivity contribution in [3.05, 3.63) is 29.3 Å². The highest BCUT2D eigenvalue weighted by Crippen LogP contribution is 2.39. The Balaban J connectivity index is 2.60. The highest BCUT2D eigenvalue weighted by molar-refractivity contribution is 5.82. The number of aromatic hydroxyl groups is 1. The fraction of sp³-hybridized carbons (Fsp3) is 0.300. The third kappa shape index (κ3) is 1.01. The van der Waals surface area contributed by atoms with Gasteiger partial charge in [0, 0.05) is 0 Å². The van der Waals surface area contributed by atoms with Gasteiger partial charge in [-0.1, -0.05) is 12.1 Å². The van der Waals surface area contributed by atoms with Crippen molar-refractivity contribution in [2.45, 2.75) is 18.4 Å². The average molecular weight is 193 g/mol. The van der Waals surface area contributed by atoms with Crippen LogP contribution in [0.1, 0.15) is 17.5 Å². The molecule has 14 heavy (non-hydrogen) atoms. The Morgan fingerprint density at radius 2 is 2.21 bits per heavy atom. The van der Waals surface area contributed by atoms with Crippen LogP contribution in [0.5, 0.6) is 5.75 Å². The number of benzene rings is 1. The molecule has 1 aromatic carbocycles. The second-order valence-electron chi connectivity index (χ2n) is 3.58. The number of fused-ring (bicyclic) bond motifs is 1. The molecule has 1 aliphatic rings. The lowest BCUT2D eigenvalue weighted by Gasteiger charge is -2.19. The van der Waals surface area contributed by atoms with Crippen molar-refractivity contribution in [1.82, 2.24) is 0 Å². The Kier molecular flexibility index (Phi) is 1.75. The Labute approximate surface area is 81.0 Å². The molecule has 1 aromatic rings. The molecule has 0 fully saturated rings. The van der Waals surface area contributed by atoms with Crippen molar-refractivity contribution >= 4 is 5.97 Å². The Hall–Kier alpha value is -1.55. The minimum Gasteiger partial charge on any atom is -0.508 e. The maximum Gasteiger partial charge on any atom is 0.328 e. The molecule has 1 aliphatic carbocycles. The first kappa shape index (κ1) is 9.02. The van der Waals surface area contributed by atoms with E-state index in [1.807, 2.05) is 0 Å². The smallest absolute Gasteiger partial charge is 0.328 e. The summed E-state index contributed by atoms with van der Waals surface area (Å²) in [4.78, 5) is 11.0. The number of phenols is 1. The summed E-state index contributed by atoms with van der Waals surface area (Å²) in [6, 6.07) is 4.83. The summed E-state index contributed by atoms with van der Waals surface area (Å²) in [5, 5.41) is 18.5. The minimum atomic E-state index is -1.33. The number of carboxylic acid groups (broad SMARTS) is 1. The van der Waals surface area contributed by atoms with Crippen molar-refractivity contribution in [3.8, 4) is 5.75 Å². The average Bonchev–Trinajstić information content (AvgIpc) is 2.47. The molecule has 0 unspecified atom stereocenters. The molecule has 74 valence electrons. The number of rotatable bonds is 1. The summed E-state index contributed by atoms with van der Waals surface area (Å²) in [6.45, 7) is 0.